The van der Waals surface area contributed by atoms with Crippen LogP contribution in [0.5, 0.6) is 0 Å². The first kappa shape index (κ1) is 12.5. The average Bonchev–Trinajstić information content (AvgIpc) is 2.99. The number of hydrogen-bond acceptors (Lipinski definition) is 2. The van der Waals surface area contributed by atoms with Gasteiger partial charge in [-0.05, 0) is 42.2 Å². The Kier molecular flexibility index (Phi) is 3.20. The zero-order valence-electron chi connectivity index (χ0n) is 9.82. The fourth-order valence-electron chi connectivity index (χ4n) is 2.08. The summed E-state index contributed by atoms with van der Waals surface area (Å²) in [4.78, 5) is 4.09. The smallest absolute Gasteiger partial charge is 0.184 e. The van der Waals surface area contributed by atoms with E-state index in [0.29, 0.717) is 16.8 Å². The lowest BCUT2D eigenvalue weighted by Crippen LogP contribution is -2.02. The highest BCUT2D eigenvalue weighted by atomic mass is 32.1. The van der Waals surface area contributed by atoms with Crippen molar-refractivity contribution in [3.63, 3.8) is 0 Å². The summed E-state index contributed by atoms with van der Waals surface area (Å²) in [5, 5.41) is 1.99. The lowest BCUT2D eigenvalue weighted by atomic mass is 10.3. The molecule has 1 N–H and O–H groups in total. The first-order chi connectivity index (χ1) is 9.16. The van der Waals surface area contributed by atoms with Gasteiger partial charge in [0.25, 0.3) is 0 Å². The number of nitrogens with zero attached hydrogens (tertiary/aromatic N) is 1. The predicted octanol–water partition coefficient (Wildman–Crippen LogP) is 4.28. The Morgan fingerprint density at radius 1 is 1.26 bits per heavy atom. The molecule has 2 nitrogen and oxygen atoms in total. The van der Waals surface area contributed by atoms with E-state index in [-0.39, 0.29) is 5.52 Å². The van der Waals surface area contributed by atoms with Crippen LogP contribution in [0.2, 0.25) is 0 Å². The molecule has 0 bridgehead atoms. The van der Waals surface area contributed by atoms with Gasteiger partial charge in [-0.15, -0.1) is 11.3 Å². The third-order valence-corrected chi connectivity index (χ3v) is 4.25. The molecule has 98 valence electrons. The topological polar surface area (TPSA) is 20.7 Å². The third-order valence-electron chi connectivity index (χ3n) is 2.99. The zero-order chi connectivity index (χ0) is 13.4. The van der Waals surface area contributed by atoms with Gasteiger partial charge in [-0.2, -0.15) is 0 Å². The number of thiophene rings is 1. The van der Waals surface area contributed by atoms with Crippen LogP contribution in [0.3, 0.4) is 0 Å². The van der Waals surface area contributed by atoms with Crippen LogP contribution >= 0.6 is 23.6 Å². The SMILES string of the molecule is Fc1ccc2[nH]c(=S)n(CCc3cccs3)c2c1F. The van der Waals surface area contributed by atoms with Gasteiger partial charge in [-0.1, -0.05) is 6.07 Å². The van der Waals surface area contributed by atoms with E-state index in [9.17, 15) is 8.78 Å². The Hall–Kier alpha value is -1.53. The summed E-state index contributed by atoms with van der Waals surface area (Å²) in [6.07, 6.45) is 0.745. The Labute approximate surface area is 117 Å². The molecule has 2 heterocycles. The molecule has 3 aromatic rings. The summed E-state index contributed by atoms with van der Waals surface area (Å²) in [5.74, 6) is -1.71. The molecule has 0 spiro atoms. The van der Waals surface area contributed by atoms with Gasteiger partial charge in [0.05, 0.1) is 5.52 Å². The molecular weight excluding hydrogens is 286 g/mol. The van der Waals surface area contributed by atoms with E-state index in [2.05, 4.69) is 4.98 Å². The van der Waals surface area contributed by atoms with Gasteiger partial charge in [0.1, 0.15) is 5.52 Å². The summed E-state index contributed by atoms with van der Waals surface area (Å²) in [7, 11) is 0. The van der Waals surface area contributed by atoms with Crippen molar-refractivity contribution >= 4 is 34.6 Å². The van der Waals surface area contributed by atoms with Crippen LogP contribution in [0.1, 0.15) is 4.88 Å². The molecule has 1 aromatic carbocycles. The maximum atomic E-state index is 13.9. The highest BCUT2D eigenvalue weighted by Gasteiger charge is 2.13. The number of aromatic amines is 1. The van der Waals surface area contributed by atoms with E-state index in [4.69, 9.17) is 12.2 Å². The molecule has 0 atom stereocenters. The van der Waals surface area contributed by atoms with E-state index in [1.54, 1.807) is 15.9 Å². The number of hydrogen-bond donors (Lipinski definition) is 1. The summed E-state index contributed by atoms with van der Waals surface area (Å²) < 4.78 is 29.2. The number of nitrogens with one attached hydrogen (secondary N) is 1. The van der Waals surface area contributed by atoms with E-state index in [0.717, 1.165) is 12.5 Å². The van der Waals surface area contributed by atoms with Crippen LogP contribution in [0.25, 0.3) is 11.0 Å². The van der Waals surface area contributed by atoms with E-state index in [1.165, 1.54) is 10.9 Å². The Bertz CT molecular complexity index is 772. The van der Waals surface area contributed by atoms with Gasteiger partial charge < -0.3 is 9.55 Å². The summed E-state index contributed by atoms with van der Waals surface area (Å²) in [6, 6.07) is 6.59. The molecule has 3 rings (SSSR count). The summed E-state index contributed by atoms with van der Waals surface area (Å²) in [5.41, 5.74) is 0.733. The Balaban J connectivity index is 2.05. The van der Waals surface area contributed by atoms with Gasteiger partial charge in [-0.3, -0.25) is 0 Å². The Morgan fingerprint density at radius 2 is 2.11 bits per heavy atom. The van der Waals surface area contributed by atoms with Crippen LogP contribution in [0.15, 0.2) is 29.6 Å². The Morgan fingerprint density at radius 3 is 2.84 bits per heavy atom. The number of aromatic nitrogens is 2. The molecule has 0 fully saturated rings. The van der Waals surface area contributed by atoms with Crippen molar-refractivity contribution in [3.05, 3.63) is 50.9 Å². The predicted molar refractivity (Wildman–Crippen MR) is 75.1 cm³/mol. The second-order valence-electron chi connectivity index (χ2n) is 4.17. The van der Waals surface area contributed by atoms with Gasteiger partial charge in [-0.25, -0.2) is 8.78 Å². The van der Waals surface area contributed by atoms with Crippen molar-refractivity contribution in [1.29, 1.82) is 0 Å². The minimum atomic E-state index is -0.855. The zero-order valence-corrected chi connectivity index (χ0v) is 11.5. The number of rotatable bonds is 3. The van der Waals surface area contributed by atoms with Crippen molar-refractivity contribution in [2.75, 3.05) is 0 Å². The monoisotopic (exact) mass is 296 g/mol. The van der Waals surface area contributed by atoms with Crippen molar-refractivity contribution in [2.45, 2.75) is 13.0 Å². The largest absolute Gasteiger partial charge is 0.330 e. The lowest BCUT2D eigenvalue weighted by Gasteiger charge is -2.04. The lowest BCUT2D eigenvalue weighted by molar-refractivity contribution is 0.511. The highest BCUT2D eigenvalue weighted by molar-refractivity contribution is 7.71. The molecule has 0 aliphatic rings. The molecule has 6 heteroatoms. The van der Waals surface area contributed by atoms with Gasteiger partial charge >= 0.3 is 0 Å². The minimum absolute atomic E-state index is 0.210. The molecule has 0 aliphatic carbocycles. The van der Waals surface area contributed by atoms with Crippen LogP contribution in [-0.4, -0.2) is 9.55 Å². The molecule has 0 saturated heterocycles. The molecule has 2 aromatic heterocycles. The maximum absolute atomic E-state index is 13.9. The van der Waals surface area contributed by atoms with Gasteiger partial charge in [0, 0.05) is 11.4 Å². The molecule has 0 saturated carbocycles. The molecule has 0 radical (unpaired) electrons. The van der Waals surface area contributed by atoms with Crippen LogP contribution in [-0.2, 0) is 13.0 Å². The normalized spacial score (nSPS) is 11.3. The summed E-state index contributed by atoms with van der Waals surface area (Å²) in [6.45, 7) is 0.528. The van der Waals surface area contributed by atoms with Crippen LogP contribution < -0.4 is 0 Å². The molecule has 0 aliphatic heterocycles. The third kappa shape index (κ3) is 2.21. The second kappa shape index (κ2) is 4.86. The first-order valence-corrected chi connectivity index (χ1v) is 7.04. The van der Waals surface area contributed by atoms with Gasteiger partial charge in [0.2, 0.25) is 0 Å². The number of benzene rings is 1. The highest BCUT2D eigenvalue weighted by Crippen LogP contribution is 2.21. The first-order valence-electron chi connectivity index (χ1n) is 5.75. The molecule has 0 amide bonds. The molecular formula is C13H10F2N2S2. The van der Waals surface area contributed by atoms with E-state index < -0.39 is 11.6 Å². The number of aryl methyl sites for hydroxylation is 2. The number of imidazole rings is 1. The quantitative estimate of drug-likeness (QED) is 0.715. The summed E-state index contributed by atoms with van der Waals surface area (Å²) >= 11 is 6.81. The minimum Gasteiger partial charge on any atom is -0.330 e. The average molecular weight is 296 g/mol. The van der Waals surface area contributed by atoms with E-state index in [1.807, 2.05) is 17.5 Å². The van der Waals surface area contributed by atoms with Crippen molar-refractivity contribution in [1.82, 2.24) is 9.55 Å². The van der Waals surface area contributed by atoms with Crippen LogP contribution in [0.4, 0.5) is 8.78 Å². The maximum Gasteiger partial charge on any atom is 0.184 e. The van der Waals surface area contributed by atoms with Crippen molar-refractivity contribution < 1.29 is 8.78 Å². The molecule has 0 unspecified atom stereocenters. The number of H-pyrrole nitrogens is 1. The second-order valence-corrected chi connectivity index (χ2v) is 5.59. The van der Waals surface area contributed by atoms with Crippen molar-refractivity contribution in [2.24, 2.45) is 0 Å². The number of halogens is 2. The fraction of sp³-hybridized carbons (Fsp3) is 0.154. The fourth-order valence-corrected chi connectivity index (χ4v) is 3.07. The van der Waals surface area contributed by atoms with Crippen molar-refractivity contribution in [3.8, 4) is 0 Å². The van der Waals surface area contributed by atoms with Crippen LogP contribution in [0, 0.1) is 16.4 Å². The number of fused-ring (bicyclic) bond motifs is 1. The standard InChI is InChI=1S/C13H10F2N2S2/c14-9-3-4-10-12(11(9)15)17(13(18)16-10)6-5-8-2-1-7-19-8/h1-4,7H,5-6H2,(H,16,18). The molecule has 19 heavy (non-hydrogen) atoms. The van der Waals surface area contributed by atoms with E-state index >= 15 is 0 Å². The van der Waals surface area contributed by atoms with Gasteiger partial charge in [0.15, 0.2) is 16.4 Å².